The molecule has 1 saturated carbocycles. The van der Waals surface area contributed by atoms with E-state index in [0.29, 0.717) is 22.5 Å². The van der Waals surface area contributed by atoms with E-state index in [4.69, 9.17) is 11.6 Å². The number of rotatable bonds is 3. The molecule has 1 aliphatic carbocycles. The Morgan fingerprint density at radius 1 is 1.35 bits per heavy atom. The van der Waals surface area contributed by atoms with Crippen molar-refractivity contribution in [2.24, 2.45) is 5.41 Å². The number of aliphatic hydroxyl groups excluding tert-OH is 1. The number of fused-ring (bicyclic) bond motifs is 1. The van der Waals surface area contributed by atoms with E-state index < -0.39 is 0 Å². The minimum Gasteiger partial charge on any atom is -0.396 e. The zero-order valence-electron chi connectivity index (χ0n) is 11.2. The van der Waals surface area contributed by atoms with Gasteiger partial charge in [-0.2, -0.15) is 0 Å². The predicted octanol–water partition coefficient (Wildman–Crippen LogP) is 2.60. The third-order valence-electron chi connectivity index (χ3n) is 4.31. The topological polar surface area (TPSA) is 55.1 Å². The summed E-state index contributed by atoms with van der Waals surface area (Å²) < 4.78 is 1.59. The molecule has 0 amide bonds. The van der Waals surface area contributed by atoms with E-state index in [-0.39, 0.29) is 17.6 Å². The van der Waals surface area contributed by atoms with Gasteiger partial charge in [0.05, 0.1) is 28.9 Å². The molecule has 1 fully saturated rings. The normalized spacial score (nSPS) is 17.7. The second-order valence-electron chi connectivity index (χ2n) is 5.68. The second-order valence-corrected chi connectivity index (χ2v) is 6.08. The molecule has 4 nitrogen and oxygen atoms in total. The molecule has 5 heteroatoms. The van der Waals surface area contributed by atoms with Gasteiger partial charge in [-0.3, -0.25) is 9.36 Å². The number of benzene rings is 1. The largest absolute Gasteiger partial charge is 0.396 e. The van der Waals surface area contributed by atoms with Gasteiger partial charge in [0.15, 0.2) is 0 Å². The van der Waals surface area contributed by atoms with Gasteiger partial charge < -0.3 is 5.11 Å². The highest BCUT2D eigenvalue weighted by atomic mass is 35.5. The predicted molar refractivity (Wildman–Crippen MR) is 79.0 cm³/mol. The maximum absolute atomic E-state index is 12.6. The Hall–Kier alpha value is -1.39. The van der Waals surface area contributed by atoms with Gasteiger partial charge in [0.2, 0.25) is 0 Å². The van der Waals surface area contributed by atoms with E-state index in [2.05, 4.69) is 4.98 Å². The summed E-state index contributed by atoms with van der Waals surface area (Å²) >= 11 is 6.12. The van der Waals surface area contributed by atoms with Crippen LogP contribution in [0.2, 0.25) is 5.02 Å². The molecule has 0 unspecified atom stereocenters. The van der Waals surface area contributed by atoms with Gasteiger partial charge >= 0.3 is 0 Å². The van der Waals surface area contributed by atoms with Crippen LogP contribution in [0.1, 0.15) is 25.7 Å². The Morgan fingerprint density at radius 3 is 2.80 bits per heavy atom. The van der Waals surface area contributed by atoms with Crippen LogP contribution in [0.25, 0.3) is 10.9 Å². The summed E-state index contributed by atoms with van der Waals surface area (Å²) in [5.41, 5.74) is 0.309. The summed E-state index contributed by atoms with van der Waals surface area (Å²) in [4.78, 5) is 16.9. The Labute approximate surface area is 122 Å². The highest BCUT2D eigenvalue weighted by Crippen LogP contribution is 2.38. The quantitative estimate of drug-likeness (QED) is 0.946. The smallest absolute Gasteiger partial charge is 0.262 e. The third-order valence-corrected chi connectivity index (χ3v) is 4.62. The van der Waals surface area contributed by atoms with Crippen LogP contribution in [-0.4, -0.2) is 21.3 Å². The summed E-state index contributed by atoms with van der Waals surface area (Å²) in [7, 11) is 0. The van der Waals surface area contributed by atoms with Gasteiger partial charge in [-0.15, -0.1) is 0 Å². The van der Waals surface area contributed by atoms with Crippen molar-refractivity contribution in [1.82, 2.24) is 9.55 Å². The lowest BCUT2D eigenvalue weighted by atomic mass is 9.87. The molecule has 20 heavy (non-hydrogen) atoms. The maximum Gasteiger partial charge on any atom is 0.262 e. The molecule has 1 aromatic carbocycles. The number of hydrogen-bond acceptors (Lipinski definition) is 3. The van der Waals surface area contributed by atoms with E-state index in [1.54, 1.807) is 29.1 Å². The van der Waals surface area contributed by atoms with E-state index >= 15 is 0 Å². The molecule has 2 aromatic rings. The van der Waals surface area contributed by atoms with Crippen LogP contribution >= 0.6 is 11.6 Å². The average molecular weight is 293 g/mol. The first-order chi connectivity index (χ1) is 9.65. The van der Waals surface area contributed by atoms with Crippen LogP contribution < -0.4 is 5.56 Å². The van der Waals surface area contributed by atoms with Crippen molar-refractivity contribution < 1.29 is 5.11 Å². The van der Waals surface area contributed by atoms with Gasteiger partial charge in [-0.1, -0.05) is 30.5 Å². The van der Waals surface area contributed by atoms with Gasteiger partial charge in [-0.25, -0.2) is 4.98 Å². The Kier molecular flexibility index (Phi) is 3.52. The molecule has 0 spiro atoms. The van der Waals surface area contributed by atoms with Crippen LogP contribution in [0.5, 0.6) is 0 Å². The molecule has 106 valence electrons. The van der Waals surface area contributed by atoms with Crippen LogP contribution in [0, 0.1) is 5.41 Å². The first kappa shape index (κ1) is 13.6. The fraction of sp³-hybridized carbons (Fsp3) is 0.467. The van der Waals surface area contributed by atoms with Crippen molar-refractivity contribution in [1.29, 1.82) is 0 Å². The van der Waals surface area contributed by atoms with Gasteiger partial charge in [0.25, 0.3) is 5.56 Å². The van der Waals surface area contributed by atoms with E-state index in [1.165, 1.54) is 0 Å². The molecule has 1 aromatic heterocycles. The van der Waals surface area contributed by atoms with Crippen molar-refractivity contribution in [3.05, 3.63) is 39.9 Å². The van der Waals surface area contributed by atoms with Crippen molar-refractivity contribution in [2.45, 2.75) is 32.2 Å². The second kappa shape index (κ2) is 5.19. The summed E-state index contributed by atoms with van der Waals surface area (Å²) in [5, 5.41) is 10.6. The summed E-state index contributed by atoms with van der Waals surface area (Å²) in [6, 6.07) is 5.27. The Morgan fingerprint density at radius 2 is 2.10 bits per heavy atom. The molecule has 0 saturated heterocycles. The molecule has 3 rings (SSSR count). The van der Waals surface area contributed by atoms with Crippen LogP contribution in [-0.2, 0) is 6.54 Å². The van der Waals surface area contributed by atoms with Crippen molar-refractivity contribution in [2.75, 3.05) is 6.61 Å². The number of aromatic nitrogens is 2. The maximum atomic E-state index is 12.6. The first-order valence-corrected chi connectivity index (χ1v) is 7.28. The fourth-order valence-electron chi connectivity index (χ4n) is 3.13. The molecule has 1 N–H and O–H groups in total. The monoisotopic (exact) mass is 292 g/mol. The highest BCUT2D eigenvalue weighted by molar-refractivity contribution is 6.35. The van der Waals surface area contributed by atoms with E-state index in [9.17, 15) is 9.90 Å². The summed E-state index contributed by atoms with van der Waals surface area (Å²) in [5.74, 6) is 0. The number of halogens is 1. The molecule has 1 heterocycles. The minimum atomic E-state index is -0.180. The Bertz CT molecular complexity index is 690. The molecular formula is C15H17ClN2O2. The van der Waals surface area contributed by atoms with E-state index in [1.807, 2.05) is 0 Å². The highest BCUT2D eigenvalue weighted by Gasteiger charge is 2.34. The third kappa shape index (κ3) is 2.23. The number of hydrogen-bond donors (Lipinski definition) is 1. The van der Waals surface area contributed by atoms with Crippen molar-refractivity contribution in [3.8, 4) is 0 Å². The minimum absolute atomic E-state index is 0.111. The number of nitrogens with zero attached hydrogens (tertiary/aromatic N) is 2. The molecule has 0 bridgehead atoms. The first-order valence-electron chi connectivity index (χ1n) is 6.90. The molecule has 1 aliphatic rings. The zero-order chi connectivity index (χ0) is 14.2. The molecule has 0 atom stereocenters. The van der Waals surface area contributed by atoms with Crippen LogP contribution in [0.15, 0.2) is 29.3 Å². The lowest BCUT2D eigenvalue weighted by Gasteiger charge is -2.27. The zero-order valence-corrected chi connectivity index (χ0v) is 11.9. The molecule has 0 radical (unpaired) electrons. The van der Waals surface area contributed by atoms with Gasteiger partial charge in [0, 0.05) is 12.0 Å². The standard InChI is InChI=1S/C15H17ClN2O2/c16-11-4-3-5-12-13(11)14(20)18(10-17-12)8-15(9-19)6-1-2-7-15/h3-5,10,19H,1-2,6-9H2. The van der Waals surface area contributed by atoms with Gasteiger partial charge in [-0.05, 0) is 25.0 Å². The van der Waals surface area contributed by atoms with Gasteiger partial charge in [0.1, 0.15) is 0 Å². The van der Waals surface area contributed by atoms with E-state index in [0.717, 1.165) is 25.7 Å². The fourth-order valence-corrected chi connectivity index (χ4v) is 3.38. The van der Waals surface area contributed by atoms with Crippen LogP contribution in [0.4, 0.5) is 0 Å². The van der Waals surface area contributed by atoms with Crippen molar-refractivity contribution in [3.63, 3.8) is 0 Å². The van der Waals surface area contributed by atoms with Crippen molar-refractivity contribution >= 4 is 22.5 Å². The lowest BCUT2D eigenvalue weighted by molar-refractivity contribution is 0.110. The summed E-state index contributed by atoms with van der Waals surface area (Å²) in [6.45, 7) is 0.622. The molecular weight excluding hydrogens is 276 g/mol. The number of aliphatic hydroxyl groups is 1. The summed E-state index contributed by atoms with van der Waals surface area (Å²) in [6.07, 6.45) is 5.69. The Balaban J connectivity index is 2.07. The lowest BCUT2D eigenvalue weighted by Crippen LogP contribution is -2.33. The van der Waals surface area contributed by atoms with Crippen LogP contribution in [0.3, 0.4) is 0 Å². The average Bonchev–Trinajstić information content (AvgIpc) is 2.91. The SMILES string of the molecule is O=c1c2c(Cl)cccc2ncn1CC1(CO)CCCC1. The molecule has 0 aliphatic heterocycles.